The zero-order chi connectivity index (χ0) is 21.5. The average Bonchev–Trinajstić information content (AvgIpc) is 2.96. The number of nitrogens with zero attached hydrogens (tertiary/aromatic N) is 2. The van der Waals surface area contributed by atoms with E-state index in [9.17, 15) is 27.6 Å². The van der Waals surface area contributed by atoms with Gasteiger partial charge in [0.05, 0.1) is 16.6 Å². The number of aromatic nitrogens is 1. The fraction of sp³-hybridized carbons (Fsp3) is 0.100. The Bertz CT molecular complexity index is 1160. The highest BCUT2D eigenvalue weighted by molar-refractivity contribution is 6.21. The van der Waals surface area contributed by atoms with Gasteiger partial charge in [-0.2, -0.15) is 13.2 Å². The second-order valence-electron chi connectivity index (χ2n) is 6.26. The predicted octanol–water partition coefficient (Wildman–Crippen LogP) is 3.54. The number of ether oxygens (including phenoxy) is 1. The van der Waals surface area contributed by atoms with Crippen LogP contribution in [-0.2, 0) is 4.84 Å². The van der Waals surface area contributed by atoms with Crippen molar-refractivity contribution in [3.05, 3.63) is 71.4 Å². The fourth-order valence-electron chi connectivity index (χ4n) is 2.91. The number of carbonyl (C=O) groups excluding carboxylic acids is 3. The number of hydrogen-bond acceptors (Lipinski definition) is 6. The highest BCUT2D eigenvalue weighted by atomic mass is 19.4. The molecule has 10 heteroatoms. The summed E-state index contributed by atoms with van der Waals surface area (Å²) in [5.74, 6) is -3.11. The topological polar surface area (TPSA) is 85.8 Å². The van der Waals surface area contributed by atoms with Crippen LogP contribution in [0.5, 0.6) is 5.75 Å². The van der Waals surface area contributed by atoms with Crippen LogP contribution in [0.15, 0.2) is 54.6 Å². The summed E-state index contributed by atoms with van der Waals surface area (Å²) in [4.78, 5) is 46.1. The number of rotatable bonds is 4. The largest absolute Gasteiger partial charge is 0.483 e. The molecule has 4 rings (SSSR count). The lowest BCUT2D eigenvalue weighted by Gasteiger charge is -2.14. The first kappa shape index (κ1) is 19.4. The average molecular weight is 416 g/mol. The first-order valence-corrected chi connectivity index (χ1v) is 8.54. The van der Waals surface area contributed by atoms with Gasteiger partial charge in [-0.3, -0.25) is 9.59 Å². The van der Waals surface area contributed by atoms with E-state index in [4.69, 9.17) is 9.57 Å². The first-order chi connectivity index (χ1) is 14.2. The number of benzene rings is 2. The minimum atomic E-state index is -4.59. The van der Waals surface area contributed by atoms with Gasteiger partial charge < -0.3 is 9.57 Å². The molecule has 0 spiro atoms. The lowest BCUT2D eigenvalue weighted by molar-refractivity contribution is -0.153. The van der Waals surface area contributed by atoms with Gasteiger partial charge in [0.25, 0.3) is 11.8 Å². The van der Waals surface area contributed by atoms with Gasteiger partial charge in [0.2, 0.25) is 0 Å². The van der Waals surface area contributed by atoms with Crippen molar-refractivity contribution < 1.29 is 37.1 Å². The van der Waals surface area contributed by atoms with E-state index in [1.807, 2.05) is 0 Å². The van der Waals surface area contributed by atoms with Crippen LogP contribution in [0.1, 0.15) is 31.2 Å². The maximum Gasteiger partial charge on any atom is 0.422 e. The van der Waals surface area contributed by atoms with Crippen molar-refractivity contribution in [1.29, 1.82) is 0 Å². The molecule has 2 aromatic carbocycles. The predicted molar refractivity (Wildman–Crippen MR) is 95.7 cm³/mol. The van der Waals surface area contributed by atoms with Crippen LogP contribution in [0.2, 0.25) is 0 Å². The molecular weight excluding hydrogens is 405 g/mol. The maximum absolute atomic E-state index is 12.6. The normalized spacial score (nSPS) is 13.5. The van der Waals surface area contributed by atoms with Gasteiger partial charge in [-0.15, -0.1) is 0 Å². The Morgan fingerprint density at radius 1 is 0.967 bits per heavy atom. The molecule has 2 heterocycles. The molecule has 0 radical (unpaired) electrons. The van der Waals surface area contributed by atoms with E-state index < -0.39 is 36.3 Å². The summed E-state index contributed by atoms with van der Waals surface area (Å²) in [5.41, 5.74) is -0.124. The summed E-state index contributed by atoms with van der Waals surface area (Å²) >= 11 is 0. The summed E-state index contributed by atoms with van der Waals surface area (Å²) in [5, 5.41) is 0.541. The molecule has 3 aromatic rings. The molecule has 1 aliphatic rings. The van der Waals surface area contributed by atoms with Gasteiger partial charge in [-0.1, -0.05) is 29.3 Å². The summed E-state index contributed by atoms with van der Waals surface area (Å²) in [6.45, 7) is -1.58. The van der Waals surface area contributed by atoms with E-state index in [1.165, 1.54) is 24.3 Å². The van der Waals surface area contributed by atoms with Crippen molar-refractivity contribution in [2.75, 3.05) is 6.61 Å². The van der Waals surface area contributed by atoms with Crippen LogP contribution in [0.25, 0.3) is 10.9 Å². The Hall–Kier alpha value is -3.95. The molecule has 0 atom stereocenters. The highest BCUT2D eigenvalue weighted by Gasteiger charge is 2.39. The van der Waals surface area contributed by atoms with Crippen LogP contribution >= 0.6 is 0 Å². The Kier molecular flexibility index (Phi) is 4.61. The van der Waals surface area contributed by atoms with Crippen molar-refractivity contribution in [2.45, 2.75) is 6.18 Å². The number of carbonyl (C=O) groups is 3. The lowest BCUT2D eigenvalue weighted by Crippen LogP contribution is -2.33. The molecule has 152 valence electrons. The molecule has 0 saturated carbocycles. The molecule has 0 saturated heterocycles. The molecule has 30 heavy (non-hydrogen) atoms. The van der Waals surface area contributed by atoms with Gasteiger partial charge in [-0.05, 0) is 24.3 Å². The zero-order valence-corrected chi connectivity index (χ0v) is 15.0. The van der Waals surface area contributed by atoms with E-state index in [2.05, 4.69) is 4.98 Å². The summed E-state index contributed by atoms with van der Waals surface area (Å²) in [6.07, 6.45) is -4.59. The maximum atomic E-state index is 12.6. The number of alkyl halides is 3. The van der Waals surface area contributed by atoms with Gasteiger partial charge >= 0.3 is 12.1 Å². The van der Waals surface area contributed by atoms with Gasteiger partial charge in [-0.25, -0.2) is 9.78 Å². The molecule has 1 aromatic heterocycles. The highest BCUT2D eigenvalue weighted by Crippen LogP contribution is 2.29. The van der Waals surface area contributed by atoms with Crippen LogP contribution in [0.4, 0.5) is 13.2 Å². The summed E-state index contributed by atoms with van der Waals surface area (Å²) < 4.78 is 42.5. The smallest absolute Gasteiger partial charge is 0.422 e. The number of amides is 2. The minimum Gasteiger partial charge on any atom is -0.483 e. The zero-order valence-electron chi connectivity index (χ0n) is 15.0. The molecular formula is C20H11F3N2O5. The van der Waals surface area contributed by atoms with Crippen molar-refractivity contribution in [3.63, 3.8) is 0 Å². The fourth-order valence-corrected chi connectivity index (χ4v) is 2.91. The van der Waals surface area contributed by atoms with Crippen LogP contribution in [0, 0.1) is 0 Å². The quantitative estimate of drug-likeness (QED) is 0.605. The number of hydrogen-bond donors (Lipinski definition) is 0. The first-order valence-electron chi connectivity index (χ1n) is 8.54. The van der Waals surface area contributed by atoms with Crippen LogP contribution < -0.4 is 4.74 Å². The monoisotopic (exact) mass is 416 g/mol. The van der Waals surface area contributed by atoms with E-state index >= 15 is 0 Å². The number of pyridine rings is 1. The number of hydroxylamine groups is 2. The third kappa shape index (κ3) is 3.54. The van der Waals surface area contributed by atoms with Crippen LogP contribution in [0.3, 0.4) is 0 Å². The third-order valence-electron chi connectivity index (χ3n) is 4.21. The SMILES string of the molecule is O=C(ON1C(=O)c2ccccc2C1=O)c1cc(OCC(F)(F)F)c2ccccc2n1. The van der Waals surface area contributed by atoms with Crippen molar-refractivity contribution in [3.8, 4) is 5.75 Å². The Morgan fingerprint density at radius 3 is 2.20 bits per heavy atom. The van der Waals surface area contributed by atoms with Gasteiger partial charge in [0.1, 0.15) is 5.75 Å². The van der Waals surface area contributed by atoms with E-state index in [0.717, 1.165) is 6.07 Å². The molecule has 0 fully saturated rings. The summed E-state index contributed by atoms with van der Waals surface area (Å²) in [7, 11) is 0. The van der Waals surface area contributed by atoms with Crippen molar-refractivity contribution in [2.24, 2.45) is 0 Å². The molecule has 0 unspecified atom stereocenters. The van der Waals surface area contributed by atoms with Crippen molar-refractivity contribution >= 4 is 28.7 Å². The number of fused-ring (bicyclic) bond motifs is 2. The second kappa shape index (κ2) is 7.14. The third-order valence-corrected chi connectivity index (χ3v) is 4.21. The Morgan fingerprint density at radius 2 is 1.57 bits per heavy atom. The van der Waals surface area contributed by atoms with E-state index in [0.29, 0.717) is 5.06 Å². The second-order valence-corrected chi connectivity index (χ2v) is 6.26. The minimum absolute atomic E-state index is 0.0657. The molecule has 0 bridgehead atoms. The number of halogens is 3. The molecule has 7 nitrogen and oxygen atoms in total. The standard InChI is InChI=1S/C20H11F3N2O5/c21-20(22,23)10-29-16-9-15(24-14-8-4-3-7-13(14)16)19(28)30-25-17(26)11-5-1-2-6-12(11)18(25)27/h1-9H,10H2. The van der Waals surface area contributed by atoms with Gasteiger partial charge in [0.15, 0.2) is 12.3 Å². The van der Waals surface area contributed by atoms with E-state index in [1.54, 1.807) is 24.3 Å². The Balaban J connectivity index is 1.64. The van der Waals surface area contributed by atoms with Gasteiger partial charge in [0, 0.05) is 11.5 Å². The van der Waals surface area contributed by atoms with Crippen LogP contribution in [-0.4, -0.2) is 40.6 Å². The molecule has 2 amide bonds. The van der Waals surface area contributed by atoms with Crippen molar-refractivity contribution in [1.82, 2.24) is 10.0 Å². The molecule has 0 N–H and O–H groups in total. The molecule has 1 aliphatic heterocycles. The lowest BCUT2D eigenvalue weighted by atomic mass is 10.1. The Labute approximate surface area is 166 Å². The number of imide groups is 1. The summed E-state index contributed by atoms with van der Waals surface area (Å²) in [6, 6.07) is 13.0. The number of para-hydroxylation sites is 1. The van der Waals surface area contributed by atoms with E-state index in [-0.39, 0.29) is 27.8 Å². The molecule has 0 aliphatic carbocycles.